The molecule has 5 aliphatic rings. The van der Waals surface area contributed by atoms with Crippen LogP contribution in [-0.2, 0) is 23.2 Å². The predicted octanol–water partition coefficient (Wildman–Crippen LogP) is 5.85. The van der Waals surface area contributed by atoms with Crippen LogP contribution >= 0.6 is 0 Å². The van der Waals surface area contributed by atoms with Crippen LogP contribution in [-0.4, -0.2) is 52.1 Å². The fourth-order valence-corrected chi connectivity index (χ4v) is 9.06. The summed E-state index contributed by atoms with van der Waals surface area (Å²) in [6, 6.07) is 23.3. The molecule has 5 heteroatoms. The second-order valence-electron chi connectivity index (χ2n) is 13.0. The number of phenolic OH excluding ortho intramolecular Hbond substituents is 1. The van der Waals surface area contributed by atoms with E-state index < -0.39 is 11.0 Å². The summed E-state index contributed by atoms with van der Waals surface area (Å²) in [7, 11) is 0. The Bertz CT molecular complexity index is 1630. The molecular weight excluding hydrogens is 498 g/mol. The van der Waals surface area contributed by atoms with Gasteiger partial charge < -0.3 is 19.7 Å². The topological polar surface area (TPSA) is 62.2 Å². The van der Waals surface area contributed by atoms with Crippen molar-refractivity contribution in [1.82, 2.24) is 4.90 Å². The zero-order chi connectivity index (χ0) is 26.6. The quantitative estimate of drug-likeness (QED) is 0.315. The number of benzene rings is 4. The van der Waals surface area contributed by atoms with Crippen molar-refractivity contribution in [1.29, 1.82) is 0 Å². The smallest absolute Gasteiger partial charge is 0.165 e. The number of phenols is 1. The Kier molecular flexibility index (Phi) is 4.84. The molecule has 4 aromatic carbocycles. The van der Waals surface area contributed by atoms with E-state index >= 15 is 0 Å². The number of piperidine rings is 1. The van der Waals surface area contributed by atoms with Crippen LogP contribution in [0.5, 0.6) is 11.5 Å². The van der Waals surface area contributed by atoms with Gasteiger partial charge in [0.05, 0.1) is 23.7 Å². The van der Waals surface area contributed by atoms with E-state index in [2.05, 4.69) is 65.6 Å². The van der Waals surface area contributed by atoms with E-state index in [1.165, 1.54) is 45.5 Å². The summed E-state index contributed by atoms with van der Waals surface area (Å²) in [5.41, 5.74) is 2.05. The SMILES string of the molecule is Oc1ccc2c3c1OC1[C@@H](OCc4c5ccccc5cc5ccccc45)CCC4(O)C(C2)N(CC2CC2)CCC314. The zero-order valence-electron chi connectivity index (χ0n) is 22.7. The number of ether oxygens (including phenoxy) is 2. The summed E-state index contributed by atoms with van der Waals surface area (Å²) in [4.78, 5) is 2.58. The molecule has 4 aromatic rings. The number of aromatic hydroxyl groups is 1. The van der Waals surface area contributed by atoms with Gasteiger partial charge in [-0.2, -0.15) is 0 Å². The van der Waals surface area contributed by atoms with Gasteiger partial charge >= 0.3 is 0 Å². The lowest BCUT2D eigenvalue weighted by molar-refractivity contribution is -0.216. The molecule has 40 heavy (non-hydrogen) atoms. The Morgan fingerprint density at radius 2 is 1.68 bits per heavy atom. The monoisotopic (exact) mass is 533 g/mol. The van der Waals surface area contributed by atoms with Crippen LogP contribution in [0.1, 0.15) is 48.8 Å². The summed E-state index contributed by atoms with van der Waals surface area (Å²) in [5.74, 6) is 1.55. The first-order valence-corrected chi connectivity index (χ1v) is 15.1. The Morgan fingerprint density at radius 3 is 2.42 bits per heavy atom. The van der Waals surface area contributed by atoms with Gasteiger partial charge in [-0.1, -0.05) is 54.6 Å². The van der Waals surface area contributed by atoms with Gasteiger partial charge in [0.2, 0.25) is 0 Å². The van der Waals surface area contributed by atoms with E-state index in [1.807, 2.05) is 0 Å². The Morgan fingerprint density at radius 1 is 0.925 bits per heavy atom. The van der Waals surface area contributed by atoms with Crippen LogP contribution in [0.2, 0.25) is 0 Å². The first kappa shape index (κ1) is 23.6. The molecule has 1 spiro atoms. The Labute approximate surface area is 234 Å². The third kappa shape index (κ3) is 3.03. The van der Waals surface area contributed by atoms with Crippen LogP contribution in [0, 0.1) is 5.92 Å². The van der Waals surface area contributed by atoms with Crippen LogP contribution in [0.15, 0.2) is 66.7 Å². The maximum Gasteiger partial charge on any atom is 0.165 e. The Balaban J connectivity index is 1.12. The molecule has 0 amide bonds. The summed E-state index contributed by atoms with van der Waals surface area (Å²) in [6.45, 7) is 2.52. The maximum absolute atomic E-state index is 12.7. The van der Waals surface area contributed by atoms with E-state index in [4.69, 9.17) is 9.47 Å². The minimum Gasteiger partial charge on any atom is -0.504 e. The van der Waals surface area contributed by atoms with Crippen molar-refractivity contribution in [3.8, 4) is 11.5 Å². The van der Waals surface area contributed by atoms with Gasteiger partial charge in [-0.25, -0.2) is 0 Å². The van der Waals surface area contributed by atoms with Gasteiger partial charge in [0.15, 0.2) is 11.5 Å². The maximum atomic E-state index is 12.7. The number of rotatable bonds is 5. The Hall–Kier alpha value is -3.12. The third-order valence-electron chi connectivity index (χ3n) is 11.0. The number of hydrogen-bond donors (Lipinski definition) is 2. The minimum absolute atomic E-state index is 0.0823. The van der Waals surface area contributed by atoms with E-state index in [-0.39, 0.29) is 24.0 Å². The highest BCUT2D eigenvalue weighted by Gasteiger charge is 2.73. The lowest BCUT2D eigenvalue weighted by atomic mass is 9.48. The van der Waals surface area contributed by atoms with Crippen LogP contribution in [0.3, 0.4) is 0 Å². The third-order valence-corrected chi connectivity index (χ3v) is 11.0. The fourth-order valence-electron chi connectivity index (χ4n) is 9.06. The normalized spacial score (nSPS) is 32.3. The van der Waals surface area contributed by atoms with Crippen molar-refractivity contribution in [2.45, 2.75) is 74.4 Å². The first-order chi connectivity index (χ1) is 19.6. The predicted molar refractivity (Wildman–Crippen MR) is 155 cm³/mol. The number of nitrogens with zero attached hydrogens (tertiary/aromatic N) is 1. The molecule has 5 nitrogen and oxygen atoms in total. The number of fused-ring (bicyclic) bond motifs is 2. The average molecular weight is 534 g/mol. The summed E-state index contributed by atoms with van der Waals surface area (Å²) < 4.78 is 13.6. The lowest BCUT2D eigenvalue weighted by Gasteiger charge is -2.64. The highest BCUT2D eigenvalue weighted by atomic mass is 16.6. The standard InChI is InChI=1S/C35H35NO4/c37-28-12-11-24-18-30-35(38)14-13-29(33-34(35,31(24)32(28)40-33)15-16-36(30)19-21-9-10-21)39-20-27-25-7-3-1-5-22(25)17-23-6-2-4-8-26(23)27/h1-8,11-12,17,21,29-30,33,37-38H,9-10,13-16,18-20H2/t29-,30?,33?,34?,35?/m0/s1. The summed E-state index contributed by atoms with van der Waals surface area (Å²) >= 11 is 0. The second-order valence-corrected chi connectivity index (χ2v) is 13.0. The van der Waals surface area contributed by atoms with Crippen molar-refractivity contribution in [2.75, 3.05) is 13.1 Å². The van der Waals surface area contributed by atoms with Crippen LogP contribution < -0.4 is 4.74 Å². The zero-order valence-corrected chi connectivity index (χ0v) is 22.7. The summed E-state index contributed by atoms with van der Waals surface area (Å²) in [5, 5.41) is 28.5. The van der Waals surface area contributed by atoms with Gasteiger partial charge in [-0.3, -0.25) is 4.90 Å². The molecule has 1 saturated heterocycles. The second kappa shape index (κ2) is 8.22. The first-order valence-electron chi connectivity index (χ1n) is 15.1. The largest absolute Gasteiger partial charge is 0.504 e. The van der Waals surface area contributed by atoms with Gasteiger partial charge in [-0.05, 0) is 95.8 Å². The molecule has 0 aromatic heterocycles. The van der Waals surface area contributed by atoms with Gasteiger partial charge in [-0.15, -0.1) is 0 Å². The number of aliphatic hydroxyl groups is 1. The molecule has 3 aliphatic carbocycles. The average Bonchev–Trinajstić information content (AvgIpc) is 3.71. The molecule has 9 rings (SSSR count). The molecule has 5 atom stereocenters. The number of hydrogen-bond acceptors (Lipinski definition) is 5. The minimum atomic E-state index is -0.886. The highest BCUT2D eigenvalue weighted by Crippen LogP contribution is 2.66. The molecule has 2 saturated carbocycles. The van der Waals surface area contributed by atoms with Crippen molar-refractivity contribution in [2.24, 2.45) is 5.92 Å². The van der Waals surface area contributed by atoms with Gasteiger partial charge in [0.25, 0.3) is 0 Å². The number of likely N-dealkylation sites (tertiary alicyclic amines) is 1. The van der Waals surface area contributed by atoms with Gasteiger partial charge in [0.1, 0.15) is 6.10 Å². The van der Waals surface area contributed by atoms with Crippen molar-refractivity contribution in [3.05, 3.63) is 83.4 Å². The molecule has 2 heterocycles. The molecule has 2 aliphatic heterocycles. The molecule has 204 valence electrons. The van der Waals surface area contributed by atoms with E-state index in [0.29, 0.717) is 18.8 Å². The van der Waals surface area contributed by atoms with Crippen LogP contribution in [0.4, 0.5) is 0 Å². The molecule has 3 fully saturated rings. The highest BCUT2D eigenvalue weighted by molar-refractivity contribution is 6.02. The van der Waals surface area contributed by atoms with Crippen molar-refractivity contribution in [3.63, 3.8) is 0 Å². The molecule has 2 N–H and O–H groups in total. The molecule has 2 bridgehead atoms. The fraction of sp³-hybridized carbons (Fsp3) is 0.429. The van der Waals surface area contributed by atoms with Gasteiger partial charge in [0, 0.05) is 18.2 Å². The molecular formula is C35H35NO4. The van der Waals surface area contributed by atoms with E-state index in [1.54, 1.807) is 6.07 Å². The van der Waals surface area contributed by atoms with E-state index in [0.717, 1.165) is 43.8 Å². The van der Waals surface area contributed by atoms with Crippen molar-refractivity contribution < 1.29 is 19.7 Å². The molecule has 4 unspecified atom stereocenters. The van der Waals surface area contributed by atoms with Crippen molar-refractivity contribution >= 4 is 21.5 Å². The van der Waals surface area contributed by atoms with Crippen LogP contribution in [0.25, 0.3) is 21.5 Å². The van der Waals surface area contributed by atoms with E-state index in [9.17, 15) is 10.2 Å². The lowest BCUT2D eigenvalue weighted by Crippen LogP contribution is -2.77. The summed E-state index contributed by atoms with van der Waals surface area (Å²) in [6.07, 6.45) is 5.21. The molecule has 0 radical (unpaired) electrons.